The van der Waals surface area contributed by atoms with E-state index < -0.39 is 5.54 Å². The molecule has 16 heavy (non-hydrogen) atoms. The molecule has 1 atom stereocenters. The third kappa shape index (κ3) is 2.60. The summed E-state index contributed by atoms with van der Waals surface area (Å²) in [6, 6.07) is 6.79. The Morgan fingerprint density at radius 2 is 2.00 bits per heavy atom. The van der Waals surface area contributed by atoms with Crippen molar-refractivity contribution in [2.75, 3.05) is 6.61 Å². The summed E-state index contributed by atoms with van der Waals surface area (Å²) in [5.74, 6) is -0.272. The fraction of sp³-hybridized carbons (Fsp3) is 0.538. The molecule has 0 spiro atoms. The molecule has 0 bridgehead atoms. The molecule has 0 radical (unpaired) electrons. The second kappa shape index (κ2) is 5.41. The van der Waals surface area contributed by atoms with Crippen LogP contribution >= 0.6 is 0 Å². The molecule has 0 amide bonds. The quantitative estimate of drug-likeness (QED) is 0.806. The van der Waals surface area contributed by atoms with Crippen LogP contribution in [0.3, 0.4) is 0 Å². The Labute approximate surface area is 96.5 Å². The predicted molar refractivity (Wildman–Crippen MR) is 63.7 cm³/mol. The third-order valence-corrected chi connectivity index (χ3v) is 2.83. The first-order valence-electron chi connectivity index (χ1n) is 5.69. The number of benzene rings is 1. The Balaban J connectivity index is 3.15. The van der Waals surface area contributed by atoms with Gasteiger partial charge in [0.15, 0.2) is 0 Å². The van der Waals surface area contributed by atoms with Crippen molar-refractivity contribution < 1.29 is 9.50 Å². The summed E-state index contributed by atoms with van der Waals surface area (Å²) in [6.45, 7) is 5.81. The van der Waals surface area contributed by atoms with Gasteiger partial charge in [-0.15, -0.1) is 0 Å². The Bertz CT molecular complexity index is 334. The average molecular weight is 225 g/mol. The normalized spacial score (nSPS) is 15.1. The maximum Gasteiger partial charge on any atom is 0.128 e. The smallest absolute Gasteiger partial charge is 0.128 e. The molecular weight excluding hydrogens is 205 g/mol. The summed E-state index contributed by atoms with van der Waals surface area (Å²) >= 11 is 0. The molecule has 0 saturated heterocycles. The molecule has 1 unspecified atom stereocenters. The van der Waals surface area contributed by atoms with Crippen LogP contribution in [0.2, 0.25) is 0 Å². The second-order valence-electron chi connectivity index (χ2n) is 4.37. The molecule has 0 aliphatic carbocycles. The first-order valence-corrected chi connectivity index (χ1v) is 5.69. The molecule has 90 valence electrons. The molecule has 1 aromatic rings. The summed E-state index contributed by atoms with van der Waals surface area (Å²) in [6.07, 6.45) is 0.641. The Morgan fingerprint density at radius 3 is 2.44 bits per heavy atom. The van der Waals surface area contributed by atoms with E-state index in [1.165, 1.54) is 6.07 Å². The summed E-state index contributed by atoms with van der Waals surface area (Å²) in [7, 11) is 0. The topological polar surface area (TPSA) is 32.3 Å². The molecule has 0 aliphatic rings. The highest BCUT2D eigenvalue weighted by Gasteiger charge is 2.32. The van der Waals surface area contributed by atoms with Gasteiger partial charge in [-0.2, -0.15) is 0 Å². The van der Waals surface area contributed by atoms with Crippen LogP contribution in [-0.4, -0.2) is 17.8 Å². The maximum absolute atomic E-state index is 13.8. The van der Waals surface area contributed by atoms with Crippen molar-refractivity contribution in [1.82, 2.24) is 5.32 Å². The van der Waals surface area contributed by atoms with Crippen molar-refractivity contribution in [1.29, 1.82) is 0 Å². The van der Waals surface area contributed by atoms with E-state index in [1.807, 2.05) is 20.8 Å². The van der Waals surface area contributed by atoms with Gasteiger partial charge in [-0.25, -0.2) is 4.39 Å². The number of hydrogen-bond acceptors (Lipinski definition) is 2. The molecule has 1 rings (SSSR count). The van der Waals surface area contributed by atoms with Gasteiger partial charge >= 0.3 is 0 Å². The minimum absolute atomic E-state index is 0.109. The molecule has 1 aromatic carbocycles. The van der Waals surface area contributed by atoms with Crippen molar-refractivity contribution in [3.8, 4) is 0 Å². The summed E-state index contributed by atoms with van der Waals surface area (Å²) in [4.78, 5) is 0. The van der Waals surface area contributed by atoms with Crippen molar-refractivity contribution in [2.45, 2.75) is 38.8 Å². The zero-order chi connectivity index (χ0) is 12.2. The van der Waals surface area contributed by atoms with E-state index in [4.69, 9.17) is 0 Å². The van der Waals surface area contributed by atoms with E-state index in [2.05, 4.69) is 5.32 Å². The van der Waals surface area contributed by atoms with Gasteiger partial charge in [0.05, 0.1) is 12.1 Å². The first kappa shape index (κ1) is 13.1. The second-order valence-corrected chi connectivity index (χ2v) is 4.37. The fourth-order valence-electron chi connectivity index (χ4n) is 2.01. The predicted octanol–water partition coefficient (Wildman–Crippen LogP) is 2.42. The monoisotopic (exact) mass is 225 g/mol. The Hall–Kier alpha value is -0.930. The van der Waals surface area contributed by atoms with Gasteiger partial charge in [-0.1, -0.05) is 25.1 Å². The van der Waals surface area contributed by atoms with Gasteiger partial charge in [0.1, 0.15) is 5.82 Å². The SMILES string of the molecule is CCC(CO)(NC(C)C)c1ccccc1F. The lowest BCUT2D eigenvalue weighted by molar-refractivity contribution is 0.142. The first-order chi connectivity index (χ1) is 7.55. The van der Waals surface area contributed by atoms with Gasteiger partial charge in [0.2, 0.25) is 0 Å². The molecular formula is C13H20FNO. The number of nitrogens with one attached hydrogen (secondary N) is 1. The largest absolute Gasteiger partial charge is 0.394 e. The Kier molecular flexibility index (Phi) is 4.44. The zero-order valence-electron chi connectivity index (χ0n) is 10.1. The highest BCUT2D eigenvalue weighted by atomic mass is 19.1. The van der Waals surface area contributed by atoms with Crippen LogP contribution in [0.5, 0.6) is 0 Å². The maximum atomic E-state index is 13.8. The lowest BCUT2D eigenvalue weighted by Gasteiger charge is -2.35. The van der Waals surface area contributed by atoms with Crippen molar-refractivity contribution in [2.24, 2.45) is 0 Å². The average Bonchev–Trinajstić information content (AvgIpc) is 2.26. The van der Waals surface area contributed by atoms with Crippen molar-refractivity contribution in [3.63, 3.8) is 0 Å². The van der Waals surface area contributed by atoms with E-state index in [1.54, 1.807) is 18.2 Å². The standard InChI is InChI=1S/C13H20FNO/c1-4-13(9-16,15-10(2)3)11-7-5-6-8-12(11)14/h5-8,10,15-16H,4,9H2,1-3H3. The van der Waals surface area contributed by atoms with E-state index in [0.717, 1.165) is 0 Å². The van der Waals surface area contributed by atoms with E-state index in [9.17, 15) is 9.50 Å². The summed E-state index contributed by atoms with van der Waals surface area (Å²) in [5, 5.41) is 12.8. The van der Waals surface area contributed by atoms with Crippen LogP contribution in [0.15, 0.2) is 24.3 Å². The molecule has 2 nitrogen and oxygen atoms in total. The number of aliphatic hydroxyl groups excluding tert-OH is 1. The van der Waals surface area contributed by atoms with Crippen LogP contribution in [0.25, 0.3) is 0 Å². The molecule has 0 saturated carbocycles. The number of rotatable bonds is 5. The lowest BCUT2D eigenvalue weighted by Crippen LogP contribution is -2.49. The molecule has 3 heteroatoms. The van der Waals surface area contributed by atoms with Crippen molar-refractivity contribution in [3.05, 3.63) is 35.6 Å². The minimum atomic E-state index is -0.681. The Morgan fingerprint density at radius 1 is 1.38 bits per heavy atom. The molecule has 0 aliphatic heterocycles. The highest BCUT2D eigenvalue weighted by Crippen LogP contribution is 2.27. The lowest BCUT2D eigenvalue weighted by atomic mass is 9.87. The number of hydrogen-bond donors (Lipinski definition) is 2. The summed E-state index contributed by atoms with van der Waals surface area (Å²) in [5.41, 5.74) is -0.145. The number of halogens is 1. The third-order valence-electron chi connectivity index (χ3n) is 2.83. The zero-order valence-corrected chi connectivity index (χ0v) is 10.1. The van der Waals surface area contributed by atoms with Gasteiger partial charge in [0.25, 0.3) is 0 Å². The fourth-order valence-corrected chi connectivity index (χ4v) is 2.01. The number of aliphatic hydroxyl groups is 1. The van der Waals surface area contributed by atoms with E-state index >= 15 is 0 Å². The molecule has 0 heterocycles. The van der Waals surface area contributed by atoms with Gasteiger partial charge < -0.3 is 10.4 Å². The van der Waals surface area contributed by atoms with E-state index in [-0.39, 0.29) is 18.5 Å². The van der Waals surface area contributed by atoms with Gasteiger partial charge in [0, 0.05) is 11.6 Å². The van der Waals surface area contributed by atoms with Crippen LogP contribution in [0.1, 0.15) is 32.8 Å². The minimum Gasteiger partial charge on any atom is -0.394 e. The highest BCUT2D eigenvalue weighted by molar-refractivity contribution is 5.26. The molecule has 0 fully saturated rings. The van der Waals surface area contributed by atoms with Crippen molar-refractivity contribution >= 4 is 0 Å². The molecule has 2 N–H and O–H groups in total. The van der Waals surface area contributed by atoms with Gasteiger partial charge in [-0.05, 0) is 26.3 Å². The van der Waals surface area contributed by atoms with Crippen LogP contribution in [-0.2, 0) is 5.54 Å². The van der Waals surface area contributed by atoms with Gasteiger partial charge in [-0.3, -0.25) is 0 Å². The summed E-state index contributed by atoms with van der Waals surface area (Å²) < 4.78 is 13.8. The van der Waals surface area contributed by atoms with Crippen LogP contribution in [0, 0.1) is 5.82 Å². The van der Waals surface area contributed by atoms with Crippen LogP contribution < -0.4 is 5.32 Å². The van der Waals surface area contributed by atoms with Crippen LogP contribution in [0.4, 0.5) is 4.39 Å². The molecule has 0 aromatic heterocycles. The van der Waals surface area contributed by atoms with E-state index in [0.29, 0.717) is 12.0 Å².